The SMILES string of the molecule is CC(C)c1ccc(N2C(=O)CC(C(=O)O)=C2N)cc1. The number of nitrogens with zero attached hydrogens (tertiary/aromatic N) is 1. The highest BCUT2D eigenvalue weighted by Gasteiger charge is 2.33. The number of carboxylic acids is 1. The Balaban J connectivity index is 2.36. The minimum absolute atomic E-state index is 0.00907. The van der Waals surface area contributed by atoms with Gasteiger partial charge in [-0.25, -0.2) is 4.79 Å². The fourth-order valence-corrected chi connectivity index (χ4v) is 2.07. The Hall–Kier alpha value is -2.30. The Morgan fingerprint density at radius 2 is 1.89 bits per heavy atom. The third-order valence-corrected chi connectivity index (χ3v) is 3.20. The molecule has 0 aromatic heterocycles. The van der Waals surface area contributed by atoms with Gasteiger partial charge in [-0.15, -0.1) is 0 Å². The van der Waals surface area contributed by atoms with Gasteiger partial charge in [0.05, 0.1) is 17.7 Å². The molecule has 0 bridgehead atoms. The molecule has 5 nitrogen and oxygen atoms in total. The van der Waals surface area contributed by atoms with Gasteiger partial charge in [0.2, 0.25) is 5.91 Å². The van der Waals surface area contributed by atoms with E-state index in [4.69, 9.17) is 10.8 Å². The number of amides is 1. The number of aliphatic carboxylic acids is 1. The van der Waals surface area contributed by atoms with Gasteiger partial charge in [0.25, 0.3) is 0 Å². The smallest absolute Gasteiger partial charge is 0.335 e. The molecule has 1 aromatic carbocycles. The summed E-state index contributed by atoms with van der Waals surface area (Å²) in [5.74, 6) is -1.06. The summed E-state index contributed by atoms with van der Waals surface area (Å²) in [5, 5.41) is 8.97. The van der Waals surface area contributed by atoms with Crippen LogP contribution in [0.4, 0.5) is 5.69 Å². The first-order valence-electron chi connectivity index (χ1n) is 6.06. The first kappa shape index (κ1) is 13.1. The van der Waals surface area contributed by atoms with Crippen molar-refractivity contribution < 1.29 is 14.7 Å². The minimum Gasteiger partial charge on any atom is -0.478 e. The Morgan fingerprint density at radius 1 is 1.32 bits per heavy atom. The van der Waals surface area contributed by atoms with E-state index in [-0.39, 0.29) is 23.7 Å². The lowest BCUT2D eigenvalue weighted by Crippen LogP contribution is -2.28. The predicted molar refractivity (Wildman–Crippen MR) is 71.5 cm³/mol. The minimum atomic E-state index is -1.15. The molecule has 19 heavy (non-hydrogen) atoms. The van der Waals surface area contributed by atoms with Gasteiger partial charge >= 0.3 is 5.97 Å². The van der Waals surface area contributed by atoms with Gasteiger partial charge in [0.15, 0.2) is 0 Å². The average Bonchev–Trinajstić information content (AvgIpc) is 2.65. The summed E-state index contributed by atoms with van der Waals surface area (Å²) < 4.78 is 0. The topological polar surface area (TPSA) is 83.6 Å². The van der Waals surface area contributed by atoms with Crippen molar-refractivity contribution in [3.05, 3.63) is 41.2 Å². The molecule has 0 atom stereocenters. The molecule has 1 amide bonds. The summed E-state index contributed by atoms with van der Waals surface area (Å²) in [6.45, 7) is 4.15. The van der Waals surface area contributed by atoms with Gasteiger partial charge in [-0.1, -0.05) is 26.0 Å². The molecule has 1 aliphatic heterocycles. The van der Waals surface area contributed by atoms with Gasteiger partial charge in [0, 0.05) is 0 Å². The van der Waals surface area contributed by atoms with Crippen LogP contribution in [0.2, 0.25) is 0 Å². The maximum atomic E-state index is 11.9. The Labute approximate surface area is 111 Å². The second-order valence-corrected chi connectivity index (χ2v) is 4.82. The van der Waals surface area contributed by atoms with Crippen LogP contribution in [0.15, 0.2) is 35.7 Å². The molecule has 1 aromatic rings. The van der Waals surface area contributed by atoms with Gasteiger partial charge in [-0.05, 0) is 23.6 Å². The normalized spacial score (nSPS) is 15.5. The molecule has 0 unspecified atom stereocenters. The number of hydrogen-bond donors (Lipinski definition) is 2. The lowest BCUT2D eigenvalue weighted by atomic mass is 10.0. The van der Waals surface area contributed by atoms with E-state index in [0.29, 0.717) is 11.6 Å². The van der Waals surface area contributed by atoms with E-state index in [9.17, 15) is 9.59 Å². The second kappa shape index (κ2) is 4.76. The molecule has 0 aliphatic carbocycles. The van der Waals surface area contributed by atoms with E-state index in [2.05, 4.69) is 13.8 Å². The third-order valence-electron chi connectivity index (χ3n) is 3.20. The van der Waals surface area contributed by atoms with E-state index >= 15 is 0 Å². The lowest BCUT2D eigenvalue weighted by Gasteiger charge is -2.18. The number of carboxylic acid groups (broad SMARTS) is 1. The number of benzene rings is 1. The fourth-order valence-electron chi connectivity index (χ4n) is 2.07. The number of nitrogens with two attached hydrogens (primary N) is 1. The van der Waals surface area contributed by atoms with Crippen LogP contribution in [0.3, 0.4) is 0 Å². The van der Waals surface area contributed by atoms with Crippen molar-refractivity contribution in [2.45, 2.75) is 26.2 Å². The van der Waals surface area contributed by atoms with Gasteiger partial charge in [-0.3, -0.25) is 9.69 Å². The van der Waals surface area contributed by atoms with Crippen LogP contribution >= 0.6 is 0 Å². The first-order valence-corrected chi connectivity index (χ1v) is 6.06. The van der Waals surface area contributed by atoms with E-state index in [0.717, 1.165) is 5.56 Å². The molecule has 2 rings (SSSR count). The molecular formula is C14H16N2O3. The van der Waals surface area contributed by atoms with Crippen molar-refractivity contribution in [2.75, 3.05) is 4.90 Å². The van der Waals surface area contributed by atoms with Crippen molar-refractivity contribution >= 4 is 17.6 Å². The van der Waals surface area contributed by atoms with Crippen molar-refractivity contribution in [2.24, 2.45) is 5.73 Å². The quantitative estimate of drug-likeness (QED) is 0.868. The molecule has 1 aliphatic rings. The Morgan fingerprint density at radius 3 is 2.32 bits per heavy atom. The van der Waals surface area contributed by atoms with Crippen LogP contribution in [0.25, 0.3) is 0 Å². The zero-order valence-corrected chi connectivity index (χ0v) is 10.9. The van der Waals surface area contributed by atoms with Gasteiger partial charge < -0.3 is 10.8 Å². The number of rotatable bonds is 3. The predicted octanol–water partition coefficient (Wildman–Crippen LogP) is 1.80. The summed E-state index contributed by atoms with van der Waals surface area (Å²) in [4.78, 5) is 24.1. The Kier molecular flexibility index (Phi) is 3.29. The molecule has 0 spiro atoms. The van der Waals surface area contributed by atoms with E-state index in [1.54, 1.807) is 12.1 Å². The number of anilines is 1. The molecular weight excluding hydrogens is 244 g/mol. The molecule has 0 fully saturated rings. The van der Waals surface area contributed by atoms with Gasteiger partial charge in [0.1, 0.15) is 5.82 Å². The average molecular weight is 260 g/mol. The van der Waals surface area contributed by atoms with E-state index in [1.165, 1.54) is 4.90 Å². The molecule has 1 heterocycles. The molecule has 5 heteroatoms. The maximum absolute atomic E-state index is 11.9. The lowest BCUT2D eigenvalue weighted by molar-refractivity contribution is -0.133. The van der Waals surface area contributed by atoms with Crippen molar-refractivity contribution in [1.29, 1.82) is 0 Å². The van der Waals surface area contributed by atoms with E-state index < -0.39 is 5.97 Å². The standard InChI is InChI=1S/C14H16N2O3/c1-8(2)9-3-5-10(6-4-9)16-12(17)7-11(13(16)15)14(18)19/h3-6,8H,7,15H2,1-2H3,(H,18,19). The maximum Gasteiger partial charge on any atom is 0.335 e. The van der Waals surface area contributed by atoms with Crippen molar-refractivity contribution in [1.82, 2.24) is 0 Å². The summed E-state index contributed by atoms with van der Waals surface area (Å²) >= 11 is 0. The fraction of sp³-hybridized carbons (Fsp3) is 0.286. The summed E-state index contributed by atoms with van der Waals surface area (Å²) in [5.41, 5.74) is 7.45. The zero-order chi connectivity index (χ0) is 14.2. The van der Waals surface area contributed by atoms with E-state index in [1.807, 2.05) is 12.1 Å². The number of carbonyl (C=O) groups excluding carboxylic acids is 1. The molecule has 0 saturated carbocycles. The van der Waals surface area contributed by atoms with Crippen LogP contribution in [0.1, 0.15) is 31.7 Å². The van der Waals surface area contributed by atoms with Crippen LogP contribution in [-0.4, -0.2) is 17.0 Å². The molecule has 100 valence electrons. The number of carbonyl (C=O) groups is 2. The highest BCUT2D eigenvalue weighted by Crippen LogP contribution is 2.28. The summed E-state index contributed by atoms with van der Waals surface area (Å²) in [6.07, 6.45) is -0.160. The monoisotopic (exact) mass is 260 g/mol. The van der Waals surface area contributed by atoms with Crippen molar-refractivity contribution in [3.8, 4) is 0 Å². The molecule has 3 N–H and O–H groups in total. The van der Waals surface area contributed by atoms with Crippen LogP contribution < -0.4 is 10.6 Å². The van der Waals surface area contributed by atoms with Crippen LogP contribution in [0, 0.1) is 0 Å². The van der Waals surface area contributed by atoms with Crippen molar-refractivity contribution in [3.63, 3.8) is 0 Å². The van der Waals surface area contributed by atoms with Gasteiger partial charge in [-0.2, -0.15) is 0 Å². The highest BCUT2D eigenvalue weighted by molar-refractivity contribution is 6.08. The molecule has 0 radical (unpaired) electrons. The van der Waals surface area contributed by atoms with Crippen LogP contribution in [-0.2, 0) is 9.59 Å². The van der Waals surface area contributed by atoms with Crippen LogP contribution in [0.5, 0.6) is 0 Å². The highest BCUT2D eigenvalue weighted by atomic mass is 16.4. The first-order chi connectivity index (χ1) is 8.91. The third kappa shape index (κ3) is 2.31. The Bertz CT molecular complexity index is 559. The zero-order valence-electron chi connectivity index (χ0n) is 10.9. The largest absolute Gasteiger partial charge is 0.478 e. The number of hydrogen-bond acceptors (Lipinski definition) is 3. The summed E-state index contributed by atoms with van der Waals surface area (Å²) in [6, 6.07) is 7.40. The second-order valence-electron chi connectivity index (χ2n) is 4.82. The molecule has 0 saturated heterocycles. The summed E-state index contributed by atoms with van der Waals surface area (Å²) in [7, 11) is 0.